The van der Waals surface area contributed by atoms with E-state index in [4.69, 9.17) is 39.1 Å². The number of piperazine rings is 2. The van der Waals surface area contributed by atoms with Crippen LogP contribution in [0.1, 0.15) is 13.8 Å². The van der Waals surface area contributed by atoms with Crippen LogP contribution in [0.25, 0.3) is 11.3 Å². The minimum Gasteiger partial charge on any atom is -0.493 e. The molecule has 2 aromatic heterocycles. The molecule has 2 aliphatic heterocycles. The van der Waals surface area contributed by atoms with Crippen molar-refractivity contribution in [2.75, 3.05) is 108 Å². The van der Waals surface area contributed by atoms with Crippen LogP contribution in [0.15, 0.2) is 23.2 Å². The van der Waals surface area contributed by atoms with Crippen LogP contribution in [0.3, 0.4) is 0 Å². The van der Waals surface area contributed by atoms with E-state index in [2.05, 4.69) is 38.8 Å². The van der Waals surface area contributed by atoms with Gasteiger partial charge in [-0.25, -0.2) is 9.97 Å². The summed E-state index contributed by atoms with van der Waals surface area (Å²) < 4.78 is 16.7. The maximum atomic E-state index is 5.58. The molecule has 1 aromatic carbocycles. The number of hydrogen-bond acceptors (Lipinski definition) is 14. The van der Waals surface area contributed by atoms with Gasteiger partial charge in [-0.3, -0.25) is 5.32 Å². The van der Waals surface area contributed by atoms with Crippen LogP contribution in [0.4, 0.5) is 23.8 Å². The largest absolute Gasteiger partial charge is 0.493 e. The summed E-state index contributed by atoms with van der Waals surface area (Å²) in [5, 5.41) is 4.10. The van der Waals surface area contributed by atoms with E-state index < -0.39 is 0 Å². The van der Waals surface area contributed by atoms with Crippen LogP contribution >= 0.6 is 11.8 Å². The molecule has 4 heterocycles. The number of rotatable bonds is 11. The molecule has 13 nitrogen and oxygen atoms in total. The zero-order valence-electron chi connectivity index (χ0n) is 26.0. The normalized spacial score (nSPS) is 16.3. The maximum Gasteiger partial charge on any atom is 0.236 e. The van der Waals surface area contributed by atoms with Gasteiger partial charge < -0.3 is 33.8 Å². The second-order valence-corrected chi connectivity index (χ2v) is 11.1. The SMILES string of the molecule is CCN1CCN(c2nc(Nc3nc(SC)cc(-c4cc(OC)c(OC)c(OC)c4)n3)nc(N3CCN(CC)CC3)n2)CC1. The highest BCUT2D eigenvalue weighted by atomic mass is 32.2. The Hall–Kier alpha value is -3.62. The summed E-state index contributed by atoms with van der Waals surface area (Å²) >= 11 is 1.53. The fourth-order valence-corrected chi connectivity index (χ4v) is 5.69. The monoisotopic (exact) mass is 610 g/mol. The summed E-state index contributed by atoms with van der Waals surface area (Å²) in [5.41, 5.74) is 1.50. The molecular weight excluding hydrogens is 568 g/mol. The van der Waals surface area contributed by atoms with Crippen molar-refractivity contribution in [1.82, 2.24) is 34.7 Å². The van der Waals surface area contributed by atoms with Crippen LogP contribution < -0.4 is 29.3 Å². The molecule has 3 aromatic rings. The van der Waals surface area contributed by atoms with Crippen LogP contribution in [0.2, 0.25) is 0 Å². The molecule has 0 amide bonds. The standard InChI is InChI=1S/C29H42N10O3S/c1-7-36-9-13-38(14-10-36)28-33-27(34-29(35-28)39-15-11-37(8-2)12-16-39)32-26-30-21(19-24(31-26)43-6)20-17-22(40-3)25(42-5)23(18-20)41-4/h17-19H,7-16H2,1-6H3,(H,30,31,32,33,34,35). The van der Waals surface area contributed by atoms with Crippen LogP contribution in [0.5, 0.6) is 17.2 Å². The Morgan fingerprint density at radius 1 is 0.674 bits per heavy atom. The molecule has 0 saturated carbocycles. The van der Waals surface area contributed by atoms with Crippen LogP contribution in [-0.4, -0.2) is 128 Å². The van der Waals surface area contributed by atoms with Gasteiger partial charge >= 0.3 is 0 Å². The summed E-state index contributed by atoms with van der Waals surface area (Å²) in [6.07, 6.45) is 1.98. The zero-order chi connectivity index (χ0) is 30.3. The van der Waals surface area contributed by atoms with E-state index in [0.29, 0.717) is 46.7 Å². The highest BCUT2D eigenvalue weighted by Gasteiger charge is 2.24. The summed E-state index contributed by atoms with van der Waals surface area (Å²) in [7, 11) is 4.78. The molecule has 2 aliphatic rings. The van der Waals surface area contributed by atoms with Crippen molar-refractivity contribution in [2.24, 2.45) is 0 Å². The molecule has 0 bridgehead atoms. The molecule has 0 atom stereocenters. The highest BCUT2D eigenvalue weighted by molar-refractivity contribution is 7.98. The van der Waals surface area contributed by atoms with Gasteiger partial charge in [0.2, 0.25) is 29.5 Å². The van der Waals surface area contributed by atoms with E-state index in [1.54, 1.807) is 21.3 Å². The Labute approximate surface area is 258 Å². The summed E-state index contributed by atoms with van der Waals surface area (Å²) in [6, 6.07) is 5.69. The first-order valence-electron chi connectivity index (χ1n) is 14.7. The van der Waals surface area contributed by atoms with Crippen molar-refractivity contribution < 1.29 is 14.2 Å². The van der Waals surface area contributed by atoms with Gasteiger partial charge in [-0.2, -0.15) is 15.0 Å². The van der Waals surface area contributed by atoms with Gasteiger partial charge in [-0.05, 0) is 37.5 Å². The van der Waals surface area contributed by atoms with Crippen molar-refractivity contribution in [3.8, 4) is 28.5 Å². The van der Waals surface area contributed by atoms with Crippen molar-refractivity contribution in [3.63, 3.8) is 0 Å². The predicted octanol–water partition coefficient (Wildman–Crippen LogP) is 3.10. The van der Waals surface area contributed by atoms with Crippen molar-refractivity contribution in [1.29, 1.82) is 0 Å². The quantitative estimate of drug-likeness (QED) is 0.253. The molecule has 43 heavy (non-hydrogen) atoms. The molecular formula is C29H42N10O3S. The smallest absolute Gasteiger partial charge is 0.236 e. The third-order valence-corrected chi connectivity index (χ3v) is 8.54. The van der Waals surface area contributed by atoms with Crippen LogP contribution in [0, 0.1) is 0 Å². The topological polar surface area (TPSA) is 117 Å². The molecule has 0 unspecified atom stereocenters. The minimum atomic E-state index is 0.394. The zero-order valence-corrected chi connectivity index (χ0v) is 26.8. The molecule has 1 N–H and O–H groups in total. The number of methoxy groups -OCH3 is 3. The van der Waals surface area contributed by atoms with Gasteiger partial charge in [-0.1, -0.05) is 13.8 Å². The average Bonchev–Trinajstić information content (AvgIpc) is 3.07. The van der Waals surface area contributed by atoms with E-state index in [-0.39, 0.29) is 0 Å². The Morgan fingerprint density at radius 2 is 1.19 bits per heavy atom. The summed E-state index contributed by atoms with van der Waals surface area (Å²) in [6.45, 7) is 13.9. The highest BCUT2D eigenvalue weighted by Crippen LogP contribution is 2.41. The average molecular weight is 611 g/mol. The number of anilines is 4. The molecule has 232 valence electrons. The lowest BCUT2D eigenvalue weighted by Crippen LogP contribution is -2.48. The van der Waals surface area contributed by atoms with E-state index in [9.17, 15) is 0 Å². The minimum absolute atomic E-state index is 0.394. The van der Waals surface area contributed by atoms with E-state index in [1.165, 1.54) is 11.8 Å². The third-order valence-electron chi connectivity index (χ3n) is 7.91. The Bertz CT molecular complexity index is 1310. The maximum absolute atomic E-state index is 5.58. The predicted molar refractivity (Wildman–Crippen MR) is 171 cm³/mol. The van der Waals surface area contributed by atoms with Gasteiger partial charge in [0, 0.05) is 57.9 Å². The summed E-state index contributed by atoms with van der Waals surface area (Å²) in [5.74, 6) is 3.79. The number of thioether (sulfide) groups is 1. The van der Waals surface area contributed by atoms with Gasteiger partial charge in [-0.15, -0.1) is 11.8 Å². The number of nitrogens with one attached hydrogen (secondary N) is 1. The first-order valence-corrected chi connectivity index (χ1v) is 15.9. The lowest BCUT2D eigenvalue weighted by atomic mass is 10.1. The lowest BCUT2D eigenvalue weighted by molar-refractivity contribution is 0.268. The first-order chi connectivity index (χ1) is 21.0. The fraction of sp³-hybridized carbons (Fsp3) is 0.552. The third kappa shape index (κ3) is 7.13. The molecule has 14 heteroatoms. The number of hydrogen-bond donors (Lipinski definition) is 1. The van der Waals surface area contributed by atoms with Crippen molar-refractivity contribution in [2.45, 2.75) is 18.9 Å². The Balaban J connectivity index is 1.49. The Morgan fingerprint density at radius 3 is 1.63 bits per heavy atom. The second kappa shape index (κ2) is 14.2. The number of benzene rings is 1. The first kappa shape index (κ1) is 30.8. The van der Waals surface area contributed by atoms with Crippen molar-refractivity contribution in [3.05, 3.63) is 18.2 Å². The fourth-order valence-electron chi connectivity index (χ4n) is 5.28. The van der Waals surface area contributed by atoms with Gasteiger partial charge in [0.15, 0.2) is 11.5 Å². The second-order valence-electron chi connectivity index (χ2n) is 10.3. The molecule has 5 rings (SSSR count). The molecule has 0 radical (unpaired) electrons. The number of ether oxygens (including phenoxy) is 3. The van der Waals surface area contributed by atoms with E-state index in [1.807, 2.05) is 24.5 Å². The Kier molecular flexibility index (Phi) is 10.2. The molecule has 2 saturated heterocycles. The lowest BCUT2D eigenvalue weighted by Gasteiger charge is -2.36. The number of likely N-dealkylation sites (N-methyl/N-ethyl adjacent to an activating group) is 2. The van der Waals surface area contributed by atoms with Crippen LogP contribution in [-0.2, 0) is 0 Å². The molecule has 0 aliphatic carbocycles. The number of nitrogens with zero attached hydrogens (tertiary/aromatic N) is 9. The van der Waals surface area contributed by atoms with E-state index in [0.717, 1.165) is 76.0 Å². The van der Waals surface area contributed by atoms with E-state index >= 15 is 0 Å². The van der Waals surface area contributed by atoms with Crippen molar-refractivity contribution >= 4 is 35.6 Å². The van der Waals surface area contributed by atoms with Gasteiger partial charge in [0.25, 0.3) is 0 Å². The summed E-state index contributed by atoms with van der Waals surface area (Å²) in [4.78, 5) is 33.6. The number of aromatic nitrogens is 5. The van der Waals surface area contributed by atoms with Gasteiger partial charge in [0.1, 0.15) is 5.03 Å². The molecule has 0 spiro atoms. The van der Waals surface area contributed by atoms with Gasteiger partial charge in [0.05, 0.1) is 27.0 Å². The molecule has 2 fully saturated rings.